The largest absolute Gasteiger partial charge is 0.478 e. The summed E-state index contributed by atoms with van der Waals surface area (Å²) in [6.45, 7) is 2.22. The van der Waals surface area contributed by atoms with Gasteiger partial charge in [0.05, 0.1) is 23.0 Å². The van der Waals surface area contributed by atoms with Crippen LogP contribution >= 0.6 is 0 Å². The van der Waals surface area contributed by atoms with Crippen LogP contribution < -0.4 is 11.2 Å². The van der Waals surface area contributed by atoms with Gasteiger partial charge in [0.15, 0.2) is 0 Å². The average Bonchev–Trinajstić information content (AvgIpc) is 2.58. The first-order valence-electron chi connectivity index (χ1n) is 7.57. The zero-order chi connectivity index (χ0) is 17.3. The van der Waals surface area contributed by atoms with Crippen molar-refractivity contribution in [3.8, 4) is 0 Å². The van der Waals surface area contributed by atoms with Crippen LogP contribution in [0.25, 0.3) is 10.9 Å². The van der Waals surface area contributed by atoms with Gasteiger partial charge < -0.3 is 10.1 Å². The maximum atomic E-state index is 12.6. The Kier molecular flexibility index (Phi) is 4.04. The second-order valence-electron chi connectivity index (χ2n) is 5.56. The summed E-state index contributed by atoms with van der Waals surface area (Å²) in [7, 11) is 0. The summed E-state index contributed by atoms with van der Waals surface area (Å²) >= 11 is 0. The van der Waals surface area contributed by atoms with Crippen LogP contribution in [0.1, 0.15) is 28.4 Å². The van der Waals surface area contributed by atoms with Crippen molar-refractivity contribution in [2.75, 3.05) is 0 Å². The van der Waals surface area contributed by atoms with Gasteiger partial charge in [-0.05, 0) is 35.7 Å². The van der Waals surface area contributed by atoms with Gasteiger partial charge in [-0.25, -0.2) is 9.59 Å². The molecule has 0 bridgehead atoms. The summed E-state index contributed by atoms with van der Waals surface area (Å²) in [5, 5.41) is 9.28. The summed E-state index contributed by atoms with van der Waals surface area (Å²) < 4.78 is 1.11. The molecule has 0 unspecified atom stereocenters. The molecule has 24 heavy (non-hydrogen) atoms. The first-order chi connectivity index (χ1) is 11.5. The summed E-state index contributed by atoms with van der Waals surface area (Å²) in [6.07, 6.45) is 0.919. The van der Waals surface area contributed by atoms with Gasteiger partial charge in [0.2, 0.25) is 0 Å². The van der Waals surface area contributed by atoms with E-state index in [-0.39, 0.29) is 23.0 Å². The molecule has 6 nitrogen and oxygen atoms in total. The molecule has 122 valence electrons. The molecule has 2 aromatic carbocycles. The number of nitrogens with one attached hydrogen (secondary N) is 1. The first kappa shape index (κ1) is 15.7. The lowest BCUT2D eigenvalue weighted by atomic mass is 10.1. The minimum absolute atomic E-state index is 0.0189. The molecule has 0 saturated heterocycles. The highest BCUT2D eigenvalue weighted by Gasteiger charge is 2.11. The van der Waals surface area contributed by atoms with Crippen molar-refractivity contribution < 1.29 is 9.90 Å². The molecule has 0 aliphatic carbocycles. The number of benzene rings is 2. The lowest BCUT2D eigenvalue weighted by molar-refractivity contribution is 0.0697. The molecule has 0 radical (unpaired) electrons. The standard InChI is InChI=1S/C18H16N2O4/c1-2-11-3-5-12(6-4-11)10-20-16(21)14-8-7-13(17(22)23)9-15(14)19-18(20)24/h3-9H,2,10H2,1H3,(H,19,24)(H,22,23). The van der Waals surface area contributed by atoms with Gasteiger partial charge in [-0.3, -0.25) is 9.36 Å². The zero-order valence-electron chi connectivity index (χ0n) is 13.1. The molecule has 0 aliphatic heterocycles. The smallest absolute Gasteiger partial charge is 0.335 e. The van der Waals surface area contributed by atoms with E-state index < -0.39 is 17.2 Å². The van der Waals surface area contributed by atoms with Gasteiger partial charge in [-0.1, -0.05) is 31.2 Å². The van der Waals surface area contributed by atoms with Crippen LogP contribution in [0.4, 0.5) is 0 Å². The lowest BCUT2D eigenvalue weighted by Crippen LogP contribution is -2.35. The number of hydrogen-bond donors (Lipinski definition) is 2. The van der Waals surface area contributed by atoms with Crippen molar-refractivity contribution in [2.24, 2.45) is 0 Å². The third-order valence-electron chi connectivity index (χ3n) is 4.00. The van der Waals surface area contributed by atoms with Crippen LogP contribution in [0.5, 0.6) is 0 Å². The van der Waals surface area contributed by atoms with Crippen molar-refractivity contribution >= 4 is 16.9 Å². The van der Waals surface area contributed by atoms with Crippen LogP contribution in [-0.4, -0.2) is 20.6 Å². The number of aryl methyl sites for hydroxylation is 1. The Morgan fingerprint density at radius 1 is 1.08 bits per heavy atom. The number of rotatable bonds is 4. The SMILES string of the molecule is CCc1ccc(Cn2c(=O)[nH]c3cc(C(=O)O)ccc3c2=O)cc1. The Labute approximate surface area is 137 Å². The molecule has 0 amide bonds. The average molecular weight is 324 g/mol. The molecule has 2 N–H and O–H groups in total. The Bertz CT molecular complexity index is 1030. The van der Waals surface area contributed by atoms with Gasteiger partial charge in [-0.15, -0.1) is 0 Å². The molecule has 0 saturated carbocycles. The fraction of sp³-hybridized carbons (Fsp3) is 0.167. The molecule has 3 aromatic rings. The molecular formula is C18H16N2O4. The van der Waals surface area contributed by atoms with Crippen LogP contribution in [0, 0.1) is 0 Å². The van der Waals surface area contributed by atoms with Crippen molar-refractivity contribution in [3.05, 3.63) is 80.0 Å². The number of H-pyrrole nitrogens is 1. The van der Waals surface area contributed by atoms with E-state index in [9.17, 15) is 14.4 Å². The number of aromatic amines is 1. The molecule has 6 heteroatoms. The molecule has 1 heterocycles. The minimum Gasteiger partial charge on any atom is -0.478 e. The van der Waals surface area contributed by atoms with Crippen LogP contribution in [0.3, 0.4) is 0 Å². The lowest BCUT2D eigenvalue weighted by Gasteiger charge is -2.08. The second-order valence-corrected chi connectivity index (χ2v) is 5.56. The van der Waals surface area contributed by atoms with E-state index in [2.05, 4.69) is 11.9 Å². The topological polar surface area (TPSA) is 92.2 Å². The monoisotopic (exact) mass is 324 g/mol. The second kappa shape index (κ2) is 6.16. The predicted molar refractivity (Wildman–Crippen MR) is 90.7 cm³/mol. The minimum atomic E-state index is -1.11. The summed E-state index contributed by atoms with van der Waals surface area (Å²) in [5.74, 6) is -1.11. The van der Waals surface area contributed by atoms with E-state index in [0.29, 0.717) is 0 Å². The van der Waals surface area contributed by atoms with Crippen molar-refractivity contribution in [3.63, 3.8) is 0 Å². The molecule has 0 atom stereocenters. The molecule has 1 aromatic heterocycles. The number of hydrogen-bond acceptors (Lipinski definition) is 3. The third kappa shape index (κ3) is 2.86. The van der Waals surface area contributed by atoms with Crippen LogP contribution in [0.15, 0.2) is 52.1 Å². The number of carboxylic acids is 1. The maximum Gasteiger partial charge on any atom is 0.335 e. The van der Waals surface area contributed by atoms with E-state index in [1.54, 1.807) is 0 Å². The quantitative estimate of drug-likeness (QED) is 0.768. The third-order valence-corrected chi connectivity index (χ3v) is 4.00. The number of fused-ring (bicyclic) bond motifs is 1. The Balaban J connectivity index is 2.08. The zero-order valence-corrected chi connectivity index (χ0v) is 13.1. The normalized spacial score (nSPS) is 10.9. The number of aromatic carboxylic acids is 1. The van der Waals surface area contributed by atoms with E-state index in [1.165, 1.54) is 23.8 Å². The van der Waals surface area contributed by atoms with Gasteiger partial charge in [0.1, 0.15) is 0 Å². The molecule has 0 fully saturated rings. The number of carboxylic acid groups (broad SMARTS) is 1. The van der Waals surface area contributed by atoms with Gasteiger partial charge in [-0.2, -0.15) is 0 Å². The summed E-state index contributed by atoms with van der Waals surface area (Å²) in [5.41, 5.74) is 1.27. The Morgan fingerprint density at radius 2 is 1.75 bits per heavy atom. The highest BCUT2D eigenvalue weighted by molar-refractivity contribution is 5.92. The summed E-state index contributed by atoms with van der Waals surface area (Å²) in [6, 6.07) is 11.8. The van der Waals surface area contributed by atoms with Gasteiger partial charge in [0.25, 0.3) is 5.56 Å². The predicted octanol–water partition coefficient (Wildman–Crippen LogP) is 2.00. The highest BCUT2D eigenvalue weighted by atomic mass is 16.4. The Morgan fingerprint density at radius 3 is 2.38 bits per heavy atom. The van der Waals surface area contributed by atoms with E-state index in [0.717, 1.165) is 16.6 Å². The van der Waals surface area contributed by atoms with Crippen molar-refractivity contribution in [2.45, 2.75) is 19.9 Å². The van der Waals surface area contributed by atoms with Crippen LogP contribution in [-0.2, 0) is 13.0 Å². The number of aromatic nitrogens is 2. The molecule has 0 aliphatic rings. The maximum absolute atomic E-state index is 12.6. The van der Waals surface area contributed by atoms with Gasteiger partial charge in [0, 0.05) is 0 Å². The summed E-state index contributed by atoms with van der Waals surface area (Å²) in [4.78, 5) is 38.4. The fourth-order valence-corrected chi connectivity index (χ4v) is 2.59. The number of carbonyl (C=O) groups is 1. The molecule has 0 spiro atoms. The fourth-order valence-electron chi connectivity index (χ4n) is 2.59. The van der Waals surface area contributed by atoms with E-state index in [4.69, 9.17) is 5.11 Å². The van der Waals surface area contributed by atoms with Gasteiger partial charge >= 0.3 is 11.7 Å². The highest BCUT2D eigenvalue weighted by Crippen LogP contribution is 2.10. The molecule has 3 rings (SSSR count). The molecular weight excluding hydrogens is 308 g/mol. The first-order valence-corrected chi connectivity index (χ1v) is 7.57. The number of nitrogens with zero attached hydrogens (tertiary/aromatic N) is 1. The Hall–Kier alpha value is -3.15. The van der Waals surface area contributed by atoms with E-state index in [1.807, 2.05) is 24.3 Å². The van der Waals surface area contributed by atoms with Crippen LogP contribution in [0.2, 0.25) is 0 Å². The van der Waals surface area contributed by atoms with Crippen molar-refractivity contribution in [1.29, 1.82) is 0 Å². The van der Waals surface area contributed by atoms with Crippen molar-refractivity contribution in [1.82, 2.24) is 9.55 Å². The van der Waals surface area contributed by atoms with E-state index >= 15 is 0 Å².